The van der Waals surface area contributed by atoms with E-state index in [1.807, 2.05) is 0 Å². The van der Waals surface area contributed by atoms with Crippen LogP contribution in [0.3, 0.4) is 0 Å². The van der Waals surface area contributed by atoms with E-state index in [2.05, 4.69) is 31.1 Å². The third-order valence-electron chi connectivity index (χ3n) is 6.12. The van der Waals surface area contributed by atoms with Gasteiger partial charge in [0.05, 0.1) is 11.7 Å². The lowest BCUT2D eigenvalue weighted by atomic mass is 9.99. The molecule has 5 nitrogen and oxygen atoms in total. The first kappa shape index (κ1) is 25.6. The summed E-state index contributed by atoms with van der Waals surface area (Å²) in [5.41, 5.74) is 0.382. The molecule has 1 aliphatic heterocycles. The van der Waals surface area contributed by atoms with E-state index in [-0.39, 0.29) is 30.6 Å². The zero-order valence-electron chi connectivity index (χ0n) is 19.1. The van der Waals surface area contributed by atoms with Crippen LogP contribution in [0.15, 0.2) is 12.3 Å². The average molecular weight is 444 g/mol. The number of carbonyl (C=O) groups is 1. The second-order valence-corrected chi connectivity index (χ2v) is 8.28. The SMILES string of the molecule is CCCC(N[C@@H](CC)CCC(=O)N1CCc2ncc(C(F)(F)F)cc2C1)C(CC)OC. The average Bonchev–Trinajstić information content (AvgIpc) is 2.75. The Bertz CT molecular complexity index is 708. The molecule has 0 saturated carbocycles. The minimum absolute atomic E-state index is 0.0193. The Morgan fingerprint density at radius 2 is 2.00 bits per heavy atom. The molecule has 1 amide bonds. The van der Waals surface area contributed by atoms with Crippen molar-refractivity contribution in [3.63, 3.8) is 0 Å². The smallest absolute Gasteiger partial charge is 0.380 e. The predicted molar refractivity (Wildman–Crippen MR) is 115 cm³/mol. The monoisotopic (exact) mass is 443 g/mol. The number of halogens is 3. The Morgan fingerprint density at radius 3 is 2.58 bits per heavy atom. The molecule has 1 aliphatic rings. The van der Waals surface area contributed by atoms with Crippen molar-refractivity contribution in [1.29, 1.82) is 0 Å². The molecular weight excluding hydrogens is 407 g/mol. The molecule has 2 rings (SSSR count). The highest BCUT2D eigenvalue weighted by Gasteiger charge is 2.33. The molecule has 8 heteroatoms. The molecule has 1 aromatic heterocycles. The molecule has 0 aromatic carbocycles. The summed E-state index contributed by atoms with van der Waals surface area (Å²) in [6.07, 6.45) is 2.02. The summed E-state index contributed by atoms with van der Waals surface area (Å²) in [6.45, 7) is 7.04. The number of hydrogen-bond donors (Lipinski definition) is 1. The zero-order chi connectivity index (χ0) is 23.0. The van der Waals surface area contributed by atoms with Gasteiger partial charge in [-0.1, -0.05) is 27.2 Å². The third-order valence-corrected chi connectivity index (χ3v) is 6.12. The summed E-state index contributed by atoms with van der Waals surface area (Å²) in [7, 11) is 1.73. The number of ether oxygens (including phenoxy) is 1. The number of fused-ring (bicyclic) bond motifs is 1. The van der Waals surface area contributed by atoms with Gasteiger partial charge in [-0.2, -0.15) is 13.2 Å². The second kappa shape index (κ2) is 11.8. The van der Waals surface area contributed by atoms with Crippen molar-refractivity contribution < 1.29 is 22.7 Å². The maximum Gasteiger partial charge on any atom is 0.417 e. The summed E-state index contributed by atoms with van der Waals surface area (Å²) in [6, 6.07) is 1.57. The topological polar surface area (TPSA) is 54.5 Å². The maximum absolute atomic E-state index is 13.0. The van der Waals surface area contributed by atoms with Gasteiger partial charge in [-0.3, -0.25) is 9.78 Å². The Kier molecular flexibility index (Phi) is 9.75. The number of amides is 1. The number of pyridine rings is 1. The van der Waals surface area contributed by atoms with E-state index in [4.69, 9.17) is 4.74 Å². The number of hydrogen-bond acceptors (Lipinski definition) is 4. The maximum atomic E-state index is 13.0. The number of alkyl halides is 3. The van der Waals surface area contributed by atoms with Crippen LogP contribution in [0.4, 0.5) is 13.2 Å². The molecular formula is C23H36F3N3O2. The normalized spacial score (nSPS) is 17.2. The van der Waals surface area contributed by atoms with Gasteiger partial charge >= 0.3 is 6.18 Å². The van der Waals surface area contributed by atoms with Gasteiger partial charge in [0.15, 0.2) is 0 Å². The van der Waals surface area contributed by atoms with E-state index < -0.39 is 11.7 Å². The van der Waals surface area contributed by atoms with Crippen LogP contribution in [0.1, 0.15) is 76.1 Å². The van der Waals surface area contributed by atoms with Crippen LogP contribution in [0.2, 0.25) is 0 Å². The summed E-state index contributed by atoms with van der Waals surface area (Å²) >= 11 is 0. The van der Waals surface area contributed by atoms with E-state index in [1.54, 1.807) is 12.0 Å². The van der Waals surface area contributed by atoms with Crippen molar-refractivity contribution in [3.8, 4) is 0 Å². The molecule has 2 unspecified atom stereocenters. The van der Waals surface area contributed by atoms with Crippen LogP contribution in [-0.2, 0) is 28.7 Å². The molecule has 176 valence electrons. The van der Waals surface area contributed by atoms with Crippen LogP contribution in [0, 0.1) is 0 Å². The van der Waals surface area contributed by atoms with Gasteiger partial charge < -0.3 is 15.0 Å². The lowest BCUT2D eigenvalue weighted by Gasteiger charge is -2.32. The fraction of sp³-hybridized carbons (Fsp3) is 0.739. The van der Waals surface area contributed by atoms with Crippen LogP contribution in [0.5, 0.6) is 0 Å². The van der Waals surface area contributed by atoms with E-state index in [0.717, 1.165) is 37.9 Å². The van der Waals surface area contributed by atoms with Crippen LogP contribution in [-0.4, -0.2) is 47.6 Å². The fourth-order valence-corrected chi connectivity index (χ4v) is 4.26. The first-order valence-corrected chi connectivity index (χ1v) is 11.3. The molecule has 3 atom stereocenters. The van der Waals surface area contributed by atoms with Gasteiger partial charge in [0, 0.05) is 57.0 Å². The minimum Gasteiger partial charge on any atom is -0.380 e. The van der Waals surface area contributed by atoms with Crippen molar-refractivity contribution in [2.24, 2.45) is 0 Å². The molecule has 31 heavy (non-hydrogen) atoms. The van der Waals surface area contributed by atoms with Gasteiger partial charge in [0.2, 0.25) is 5.91 Å². The van der Waals surface area contributed by atoms with Crippen LogP contribution >= 0.6 is 0 Å². The van der Waals surface area contributed by atoms with Gasteiger partial charge in [0.25, 0.3) is 0 Å². The summed E-state index contributed by atoms with van der Waals surface area (Å²) in [4.78, 5) is 18.4. The van der Waals surface area contributed by atoms with Crippen molar-refractivity contribution in [2.75, 3.05) is 13.7 Å². The molecule has 0 fully saturated rings. The Labute approximate surface area is 183 Å². The number of nitrogens with one attached hydrogen (secondary N) is 1. The Balaban J connectivity index is 1.95. The Morgan fingerprint density at radius 1 is 1.26 bits per heavy atom. The molecule has 2 heterocycles. The Hall–Kier alpha value is -1.67. The quantitative estimate of drug-likeness (QED) is 0.537. The standard InChI is InChI=1S/C23H36F3N3O2/c1-5-8-20(21(7-3)31-4)28-18(6-2)9-10-22(30)29-12-11-19-16(15-29)13-17(14-27-19)23(24,25)26/h13-14,18,20-21,28H,5-12,15H2,1-4H3/t18-,20?,21?/m0/s1. The number of carbonyl (C=O) groups excluding carboxylic acids is 1. The highest BCUT2D eigenvalue weighted by atomic mass is 19.4. The number of nitrogens with zero attached hydrogens (tertiary/aromatic N) is 2. The predicted octanol–water partition coefficient (Wildman–Crippen LogP) is 4.73. The largest absolute Gasteiger partial charge is 0.417 e. The molecule has 0 bridgehead atoms. The van der Waals surface area contributed by atoms with Crippen molar-refractivity contribution >= 4 is 5.91 Å². The molecule has 0 radical (unpaired) electrons. The number of methoxy groups -OCH3 is 1. The highest BCUT2D eigenvalue weighted by molar-refractivity contribution is 5.76. The molecule has 1 aromatic rings. The first-order chi connectivity index (χ1) is 14.7. The lowest BCUT2D eigenvalue weighted by Crippen LogP contribution is -2.46. The van der Waals surface area contributed by atoms with E-state index in [0.29, 0.717) is 37.1 Å². The molecule has 0 spiro atoms. The van der Waals surface area contributed by atoms with Crippen molar-refractivity contribution in [2.45, 2.75) is 96.6 Å². The lowest BCUT2D eigenvalue weighted by molar-refractivity contribution is -0.137. The van der Waals surface area contributed by atoms with Gasteiger partial charge in [-0.25, -0.2) is 0 Å². The fourth-order valence-electron chi connectivity index (χ4n) is 4.26. The van der Waals surface area contributed by atoms with Gasteiger partial charge in [-0.15, -0.1) is 0 Å². The summed E-state index contributed by atoms with van der Waals surface area (Å²) in [5, 5.41) is 3.67. The van der Waals surface area contributed by atoms with Crippen LogP contribution in [0.25, 0.3) is 0 Å². The van der Waals surface area contributed by atoms with E-state index in [9.17, 15) is 18.0 Å². The number of aromatic nitrogens is 1. The first-order valence-electron chi connectivity index (χ1n) is 11.3. The second-order valence-electron chi connectivity index (χ2n) is 8.28. The minimum atomic E-state index is -4.43. The van der Waals surface area contributed by atoms with Gasteiger partial charge in [-0.05, 0) is 37.3 Å². The van der Waals surface area contributed by atoms with Gasteiger partial charge in [0.1, 0.15) is 0 Å². The zero-order valence-corrected chi connectivity index (χ0v) is 19.1. The van der Waals surface area contributed by atoms with Crippen molar-refractivity contribution in [3.05, 3.63) is 29.1 Å². The molecule has 0 aliphatic carbocycles. The summed E-state index contributed by atoms with van der Waals surface area (Å²) in [5.74, 6) is -0.0193. The van der Waals surface area contributed by atoms with Crippen LogP contribution < -0.4 is 5.32 Å². The highest BCUT2D eigenvalue weighted by Crippen LogP contribution is 2.31. The molecule has 1 N–H and O–H groups in total. The third kappa shape index (κ3) is 7.17. The van der Waals surface area contributed by atoms with E-state index >= 15 is 0 Å². The summed E-state index contributed by atoms with van der Waals surface area (Å²) < 4.78 is 44.6. The molecule has 0 saturated heterocycles. The van der Waals surface area contributed by atoms with E-state index in [1.165, 1.54) is 0 Å². The number of rotatable bonds is 11. The van der Waals surface area contributed by atoms with Crippen molar-refractivity contribution in [1.82, 2.24) is 15.2 Å².